The molecule has 0 spiro atoms. The molecule has 7 heteroatoms. The molecule has 0 fully saturated rings. The van der Waals surface area contributed by atoms with E-state index in [1.54, 1.807) is 0 Å². The van der Waals surface area contributed by atoms with Gasteiger partial charge in [-0.3, -0.25) is 0 Å². The molecule has 0 atom stereocenters. The molecule has 150 valence electrons. The minimum atomic E-state index is -1.58. The Morgan fingerprint density at radius 1 is 0.821 bits per heavy atom. The third-order valence-electron chi connectivity index (χ3n) is 4.00. The Balaban J connectivity index is 1.87. The Morgan fingerprint density at radius 2 is 1.36 bits per heavy atom. The van der Waals surface area contributed by atoms with Crippen LogP contribution in [0.4, 0.5) is 13.2 Å². The predicted octanol–water partition coefficient (Wildman–Crippen LogP) is 5.20. The molecule has 0 aliphatic rings. The van der Waals surface area contributed by atoms with Crippen molar-refractivity contribution in [3.05, 3.63) is 70.5 Å². The summed E-state index contributed by atoms with van der Waals surface area (Å²) in [5.74, 6) is -5.52. The first-order valence-electron chi connectivity index (χ1n) is 9.00. The molecule has 0 bridgehead atoms. The fourth-order valence-electron chi connectivity index (χ4n) is 2.44. The molecular weight excluding hydrogens is 373 g/mol. The molecular formula is C21H21F3O4. The normalized spacial score (nSPS) is 10.6. The first-order valence-corrected chi connectivity index (χ1v) is 9.00. The van der Waals surface area contributed by atoms with E-state index in [0.717, 1.165) is 37.8 Å². The summed E-state index contributed by atoms with van der Waals surface area (Å²) >= 11 is 0. The van der Waals surface area contributed by atoms with Crippen molar-refractivity contribution in [3.63, 3.8) is 0 Å². The number of hydrogen-bond donors (Lipinski definition) is 0. The van der Waals surface area contributed by atoms with Crippen molar-refractivity contribution >= 4 is 11.9 Å². The summed E-state index contributed by atoms with van der Waals surface area (Å²) < 4.78 is 49.3. The van der Waals surface area contributed by atoms with E-state index in [0.29, 0.717) is 12.2 Å². The van der Waals surface area contributed by atoms with Crippen LogP contribution in [0, 0.1) is 17.5 Å². The van der Waals surface area contributed by atoms with Crippen LogP contribution in [0.2, 0.25) is 0 Å². The number of halogens is 3. The van der Waals surface area contributed by atoms with Crippen LogP contribution in [0.5, 0.6) is 0 Å². The zero-order chi connectivity index (χ0) is 20.5. The summed E-state index contributed by atoms with van der Waals surface area (Å²) in [5, 5.41) is 0. The molecule has 0 aromatic heterocycles. The van der Waals surface area contributed by atoms with E-state index in [9.17, 15) is 22.8 Å². The molecule has 0 radical (unpaired) electrons. The van der Waals surface area contributed by atoms with Crippen LogP contribution in [0.1, 0.15) is 58.9 Å². The number of hydrogen-bond acceptors (Lipinski definition) is 4. The number of benzene rings is 2. The molecule has 2 aromatic rings. The van der Waals surface area contributed by atoms with Crippen molar-refractivity contribution in [2.75, 3.05) is 6.61 Å². The van der Waals surface area contributed by atoms with Crippen molar-refractivity contribution in [1.82, 2.24) is 0 Å². The van der Waals surface area contributed by atoms with Gasteiger partial charge in [0.2, 0.25) is 0 Å². The lowest BCUT2D eigenvalue weighted by Gasteiger charge is -2.07. The quantitative estimate of drug-likeness (QED) is 0.333. The third kappa shape index (κ3) is 6.11. The number of carbonyl (C=O) groups excluding carboxylic acids is 2. The molecule has 0 N–H and O–H groups in total. The van der Waals surface area contributed by atoms with Crippen LogP contribution in [0.15, 0.2) is 36.4 Å². The summed E-state index contributed by atoms with van der Waals surface area (Å²) in [7, 11) is 0. The van der Waals surface area contributed by atoms with Gasteiger partial charge < -0.3 is 9.47 Å². The maximum absolute atomic E-state index is 13.2. The third-order valence-corrected chi connectivity index (χ3v) is 4.00. The van der Waals surface area contributed by atoms with Crippen LogP contribution in [-0.4, -0.2) is 18.5 Å². The Labute approximate surface area is 161 Å². The van der Waals surface area contributed by atoms with Crippen molar-refractivity contribution in [2.24, 2.45) is 0 Å². The summed E-state index contributed by atoms with van der Waals surface area (Å²) in [5.41, 5.74) is 0.435. The van der Waals surface area contributed by atoms with E-state index in [2.05, 4.69) is 6.92 Å². The molecule has 28 heavy (non-hydrogen) atoms. The van der Waals surface area contributed by atoms with Gasteiger partial charge in [0.05, 0.1) is 17.7 Å². The van der Waals surface area contributed by atoms with Crippen molar-refractivity contribution in [1.29, 1.82) is 0 Å². The number of rotatable bonds is 9. The van der Waals surface area contributed by atoms with E-state index in [1.165, 1.54) is 24.3 Å². The van der Waals surface area contributed by atoms with Gasteiger partial charge in [-0.1, -0.05) is 26.2 Å². The average molecular weight is 394 g/mol. The highest BCUT2D eigenvalue weighted by atomic mass is 19.2. The highest BCUT2D eigenvalue weighted by molar-refractivity contribution is 5.93. The summed E-state index contributed by atoms with van der Waals surface area (Å²) in [6.07, 6.45) is 3.98. The number of carbonyl (C=O) groups is 2. The van der Waals surface area contributed by atoms with Gasteiger partial charge in [-0.15, -0.1) is 0 Å². The number of unbranched alkanes of at least 4 members (excludes halogenated alkanes) is 3. The topological polar surface area (TPSA) is 52.6 Å². The van der Waals surface area contributed by atoms with Crippen LogP contribution < -0.4 is 0 Å². The maximum Gasteiger partial charge on any atom is 0.338 e. The van der Waals surface area contributed by atoms with Gasteiger partial charge in [-0.25, -0.2) is 22.8 Å². The molecule has 2 rings (SSSR count). The second-order valence-electron chi connectivity index (χ2n) is 6.22. The number of esters is 2. The van der Waals surface area contributed by atoms with E-state index < -0.39 is 36.0 Å². The minimum Gasteiger partial charge on any atom is -0.462 e. The zero-order valence-corrected chi connectivity index (χ0v) is 15.5. The molecule has 2 aromatic carbocycles. The first-order chi connectivity index (χ1) is 13.4. The van der Waals surface area contributed by atoms with Gasteiger partial charge in [-0.2, -0.15) is 0 Å². The van der Waals surface area contributed by atoms with E-state index >= 15 is 0 Å². The van der Waals surface area contributed by atoms with Crippen molar-refractivity contribution in [3.8, 4) is 0 Å². The molecule has 4 nitrogen and oxygen atoms in total. The first kappa shape index (κ1) is 21.5. The SMILES string of the molecule is CCCCCCOC(=O)c1ccc(C(=O)OCc2cc(F)c(F)c(F)c2)cc1. The van der Waals surface area contributed by atoms with Crippen LogP contribution in [0.25, 0.3) is 0 Å². The fourth-order valence-corrected chi connectivity index (χ4v) is 2.44. The molecule has 0 saturated carbocycles. The average Bonchev–Trinajstić information content (AvgIpc) is 2.69. The van der Waals surface area contributed by atoms with Crippen molar-refractivity contribution < 1.29 is 32.2 Å². The standard InChI is InChI=1S/C21H21F3O4/c1-2-3-4-5-10-27-20(25)15-6-8-16(9-7-15)21(26)28-13-14-11-17(22)19(24)18(23)12-14/h6-9,11-12H,2-5,10,13H2,1H3. The van der Waals surface area contributed by atoms with Crippen molar-refractivity contribution in [2.45, 2.75) is 39.2 Å². The fraction of sp³-hybridized carbons (Fsp3) is 0.333. The molecule has 0 heterocycles. The Morgan fingerprint density at radius 3 is 1.89 bits per heavy atom. The highest BCUT2D eigenvalue weighted by Crippen LogP contribution is 2.15. The van der Waals surface area contributed by atoms with Gasteiger partial charge in [0.1, 0.15) is 6.61 Å². The Hall–Kier alpha value is -2.83. The Bertz CT molecular complexity index is 796. The predicted molar refractivity (Wildman–Crippen MR) is 96.3 cm³/mol. The highest BCUT2D eigenvalue weighted by Gasteiger charge is 2.14. The second-order valence-corrected chi connectivity index (χ2v) is 6.22. The van der Waals surface area contributed by atoms with E-state index in [-0.39, 0.29) is 11.1 Å². The lowest BCUT2D eigenvalue weighted by molar-refractivity contribution is 0.0465. The number of ether oxygens (including phenoxy) is 2. The largest absolute Gasteiger partial charge is 0.462 e. The zero-order valence-electron chi connectivity index (χ0n) is 15.5. The Kier molecular flexibility index (Phi) is 8.04. The molecule has 0 aliphatic carbocycles. The van der Waals surface area contributed by atoms with E-state index in [4.69, 9.17) is 9.47 Å². The van der Waals surface area contributed by atoms with Crippen LogP contribution in [-0.2, 0) is 16.1 Å². The molecule has 0 unspecified atom stereocenters. The van der Waals surface area contributed by atoms with E-state index in [1.807, 2.05) is 0 Å². The molecule has 0 aliphatic heterocycles. The monoisotopic (exact) mass is 394 g/mol. The molecule has 0 amide bonds. The van der Waals surface area contributed by atoms with Gasteiger partial charge in [0.15, 0.2) is 17.5 Å². The van der Waals surface area contributed by atoms with Crippen LogP contribution >= 0.6 is 0 Å². The molecule has 0 saturated heterocycles. The summed E-state index contributed by atoms with van der Waals surface area (Å²) in [4.78, 5) is 23.9. The smallest absolute Gasteiger partial charge is 0.338 e. The van der Waals surface area contributed by atoms with Gasteiger partial charge in [0, 0.05) is 0 Å². The second kappa shape index (κ2) is 10.5. The lowest BCUT2D eigenvalue weighted by Crippen LogP contribution is -2.09. The van der Waals surface area contributed by atoms with Crippen LogP contribution in [0.3, 0.4) is 0 Å². The lowest BCUT2D eigenvalue weighted by atomic mass is 10.1. The van der Waals surface area contributed by atoms with Gasteiger partial charge in [-0.05, 0) is 48.4 Å². The summed E-state index contributed by atoms with van der Waals surface area (Å²) in [6.45, 7) is 2.01. The van der Waals surface area contributed by atoms with Gasteiger partial charge >= 0.3 is 11.9 Å². The summed E-state index contributed by atoms with van der Waals surface area (Å²) in [6, 6.07) is 7.16. The van der Waals surface area contributed by atoms with Gasteiger partial charge in [0.25, 0.3) is 0 Å². The minimum absolute atomic E-state index is 0.0204. The maximum atomic E-state index is 13.2.